The van der Waals surface area contributed by atoms with Gasteiger partial charge in [-0.05, 0) is 29.7 Å². The van der Waals surface area contributed by atoms with Gasteiger partial charge >= 0.3 is 5.97 Å². The second kappa shape index (κ2) is 13.3. The van der Waals surface area contributed by atoms with E-state index in [1.165, 1.54) is 0 Å². The van der Waals surface area contributed by atoms with Crippen molar-refractivity contribution in [3.8, 4) is 17.0 Å². The first-order valence-corrected chi connectivity index (χ1v) is 15.9. The number of carbonyl (C=O) groups excluding carboxylic acids is 2. The number of pyridine rings is 1. The molecule has 3 N–H and O–H groups in total. The van der Waals surface area contributed by atoms with Gasteiger partial charge in [0.25, 0.3) is 5.91 Å². The number of aliphatic hydroxyl groups is 1. The average Bonchev–Trinajstić information content (AvgIpc) is 3.14. The number of benzene rings is 5. The maximum absolute atomic E-state index is 14.5. The summed E-state index contributed by atoms with van der Waals surface area (Å²) in [6, 6.07) is 42.8. The average molecular weight is 632 g/mol. The Labute approximate surface area is 278 Å². The Bertz CT molecular complexity index is 2150. The van der Waals surface area contributed by atoms with Crippen molar-refractivity contribution in [1.29, 1.82) is 0 Å². The van der Waals surface area contributed by atoms with Gasteiger partial charge in [0.15, 0.2) is 5.75 Å². The van der Waals surface area contributed by atoms with Crippen molar-refractivity contribution in [2.45, 2.75) is 25.3 Å². The molecule has 0 aliphatic carbocycles. The molecule has 0 spiro atoms. The SMILES string of the molecule is CC[C@H](NC(=O)c1c(OC(=O)C2C(O)=C(c3ccccc3)Nc3ccccc32)c(-c2ccccc2)nc2ccccc12)c1ccccc1. The van der Waals surface area contributed by atoms with Gasteiger partial charge in [0.2, 0.25) is 0 Å². The van der Waals surface area contributed by atoms with Gasteiger partial charge in [-0.15, -0.1) is 0 Å². The molecular weight excluding hydrogens is 598 g/mol. The van der Waals surface area contributed by atoms with E-state index < -0.39 is 17.8 Å². The minimum Gasteiger partial charge on any atom is -0.509 e. The number of ether oxygens (including phenoxy) is 1. The normalized spacial score (nSPS) is 14.5. The number of nitrogens with zero attached hydrogens (tertiary/aromatic N) is 1. The number of anilines is 1. The predicted molar refractivity (Wildman–Crippen MR) is 189 cm³/mol. The van der Waals surface area contributed by atoms with E-state index in [1.807, 2.05) is 134 Å². The Kier molecular flexibility index (Phi) is 8.41. The first-order valence-electron chi connectivity index (χ1n) is 15.9. The quantitative estimate of drug-likeness (QED) is 0.145. The van der Waals surface area contributed by atoms with Crippen LogP contribution in [0.15, 0.2) is 145 Å². The Morgan fingerprint density at radius 1 is 0.792 bits per heavy atom. The lowest BCUT2D eigenvalue weighted by molar-refractivity contribution is -0.135. The summed E-state index contributed by atoms with van der Waals surface area (Å²) >= 11 is 0. The van der Waals surface area contributed by atoms with Gasteiger partial charge in [0.05, 0.1) is 22.8 Å². The van der Waals surface area contributed by atoms with E-state index >= 15 is 0 Å². The minimum absolute atomic E-state index is 0.0235. The molecule has 7 rings (SSSR count). The molecule has 1 aromatic heterocycles. The molecule has 0 bridgehead atoms. The molecule has 1 amide bonds. The summed E-state index contributed by atoms with van der Waals surface area (Å²) in [7, 11) is 0. The number of rotatable bonds is 8. The zero-order valence-corrected chi connectivity index (χ0v) is 26.3. The van der Waals surface area contributed by atoms with Crippen LogP contribution in [0.2, 0.25) is 0 Å². The molecular formula is C41H33N3O4. The van der Waals surface area contributed by atoms with E-state index in [-0.39, 0.29) is 23.1 Å². The molecule has 0 radical (unpaired) electrons. The first kappa shape index (κ1) is 30.4. The Balaban J connectivity index is 1.39. The van der Waals surface area contributed by atoms with Gasteiger partial charge in [-0.25, -0.2) is 4.98 Å². The largest absolute Gasteiger partial charge is 0.509 e. The number of hydrogen-bond donors (Lipinski definition) is 3. The molecule has 2 atom stereocenters. The zero-order chi connectivity index (χ0) is 33.0. The van der Waals surface area contributed by atoms with Crippen molar-refractivity contribution in [3.05, 3.63) is 168 Å². The molecule has 0 saturated carbocycles. The number of nitrogens with one attached hydrogen (secondary N) is 2. The van der Waals surface area contributed by atoms with Crippen molar-refractivity contribution in [1.82, 2.24) is 10.3 Å². The summed E-state index contributed by atoms with van der Waals surface area (Å²) < 4.78 is 6.35. The number of esters is 1. The lowest BCUT2D eigenvalue weighted by atomic mass is 9.89. The Morgan fingerprint density at radius 2 is 1.40 bits per heavy atom. The molecule has 1 aliphatic rings. The highest BCUT2D eigenvalue weighted by molar-refractivity contribution is 6.11. The minimum atomic E-state index is -1.17. The van der Waals surface area contributed by atoms with Crippen LogP contribution in [0.1, 0.15) is 52.4 Å². The van der Waals surface area contributed by atoms with Gasteiger partial charge < -0.3 is 20.5 Å². The van der Waals surface area contributed by atoms with Gasteiger partial charge in [-0.2, -0.15) is 0 Å². The molecule has 0 saturated heterocycles. The fraction of sp³-hybridized carbons (Fsp3) is 0.0976. The molecule has 0 fully saturated rings. The van der Waals surface area contributed by atoms with E-state index in [1.54, 1.807) is 12.1 Å². The van der Waals surface area contributed by atoms with Gasteiger partial charge in [0.1, 0.15) is 17.4 Å². The lowest BCUT2D eigenvalue weighted by Crippen LogP contribution is -2.31. The van der Waals surface area contributed by atoms with Crippen LogP contribution < -0.4 is 15.4 Å². The molecule has 2 heterocycles. The maximum atomic E-state index is 14.5. The monoisotopic (exact) mass is 631 g/mol. The zero-order valence-electron chi connectivity index (χ0n) is 26.3. The van der Waals surface area contributed by atoms with Gasteiger partial charge in [0, 0.05) is 22.2 Å². The van der Waals surface area contributed by atoms with Crippen molar-refractivity contribution < 1.29 is 19.4 Å². The number of aliphatic hydroxyl groups excluding tert-OH is 1. The van der Waals surface area contributed by atoms with Crippen LogP contribution in [0.25, 0.3) is 27.9 Å². The number of hydrogen-bond acceptors (Lipinski definition) is 6. The van der Waals surface area contributed by atoms with Gasteiger partial charge in [-0.3, -0.25) is 9.59 Å². The van der Waals surface area contributed by atoms with Crippen LogP contribution in [-0.4, -0.2) is 22.0 Å². The second-order valence-corrected chi connectivity index (χ2v) is 11.6. The number of para-hydroxylation sites is 2. The van der Waals surface area contributed by atoms with E-state index in [4.69, 9.17) is 9.72 Å². The summed E-state index contributed by atoms with van der Waals surface area (Å²) in [6.45, 7) is 2.01. The summed E-state index contributed by atoms with van der Waals surface area (Å²) in [4.78, 5) is 33.9. The van der Waals surface area contributed by atoms with Crippen LogP contribution >= 0.6 is 0 Å². The third-order valence-electron chi connectivity index (χ3n) is 8.60. The van der Waals surface area contributed by atoms with Crippen LogP contribution in [0.4, 0.5) is 5.69 Å². The highest BCUT2D eigenvalue weighted by atomic mass is 16.5. The molecule has 5 aromatic carbocycles. The highest BCUT2D eigenvalue weighted by Crippen LogP contribution is 2.42. The predicted octanol–water partition coefficient (Wildman–Crippen LogP) is 8.82. The summed E-state index contributed by atoms with van der Waals surface area (Å²) in [5.74, 6) is -2.47. The molecule has 1 unspecified atom stereocenters. The third kappa shape index (κ3) is 5.78. The fourth-order valence-corrected chi connectivity index (χ4v) is 6.22. The van der Waals surface area contributed by atoms with Crippen LogP contribution in [0.3, 0.4) is 0 Å². The molecule has 7 heteroatoms. The fourth-order valence-electron chi connectivity index (χ4n) is 6.22. The lowest BCUT2D eigenvalue weighted by Gasteiger charge is -2.28. The van der Waals surface area contributed by atoms with Gasteiger partial charge in [-0.1, -0.05) is 134 Å². The number of amides is 1. The first-order chi connectivity index (χ1) is 23.5. The number of aromatic nitrogens is 1. The third-order valence-corrected chi connectivity index (χ3v) is 8.60. The van der Waals surface area contributed by atoms with Crippen LogP contribution in [0, 0.1) is 0 Å². The highest BCUT2D eigenvalue weighted by Gasteiger charge is 2.37. The molecule has 1 aliphatic heterocycles. The van der Waals surface area contributed by atoms with Crippen LogP contribution in [0.5, 0.6) is 5.75 Å². The van der Waals surface area contributed by atoms with E-state index in [2.05, 4.69) is 10.6 Å². The van der Waals surface area contributed by atoms with Crippen LogP contribution in [-0.2, 0) is 4.79 Å². The Hall–Kier alpha value is -6.21. The molecule has 6 aromatic rings. The van der Waals surface area contributed by atoms with Crippen molar-refractivity contribution in [3.63, 3.8) is 0 Å². The summed E-state index contributed by atoms with van der Waals surface area (Å²) in [6.07, 6.45) is 0.645. The number of fused-ring (bicyclic) bond motifs is 2. The van der Waals surface area contributed by atoms with Crippen molar-refractivity contribution in [2.75, 3.05) is 5.32 Å². The number of carbonyl (C=O) groups is 2. The smallest absolute Gasteiger partial charge is 0.326 e. The van der Waals surface area contributed by atoms with E-state index in [0.29, 0.717) is 51.1 Å². The molecule has 7 nitrogen and oxygen atoms in total. The topological polar surface area (TPSA) is 101 Å². The standard InChI is InChI=1S/C41H33N3O4/c1-2-31(26-16-6-3-7-17-26)44-40(46)35-30-23-13-15-25-33(30)43-37(28-20-10-5-11-21-28)39(35)48-41(47)34-29-22-12-14-24-32(29)42-36(38(34)45)27-18-8-4-9-19-27/h3-25,31,34,42,45H,2H2,1H3,(H,44,46)/t31-,34?/m0/s1. The maximum Gasteiger partial charge on any atom is 0.326 e. The van der Waals surface area contributed by atoms with E-state index in [0.717, 1.165) is 5.56 Å². The molecule has 48 heavy (non-hydrogen) atoms. The van der Waals surface area contributed by atoms with E-state index in [9.17, 15) is 14.7 Å². The van der Waals surface area contributed by atoms with Crippen molar-refractivity contribution >= 4 is 34.2 Å². The molecule has 236 valence electrons. The summed E-state index contributed by atoms with van der Waals surface area (Å²) in [5.41, 5.74) is 5.09. The summed E-state index contributed by atoms with van der Waals surface area (Å²) in [5, 5.41) is 18.7. The Morgan fingerprint density at radius 3 is 2.10 bits per heavy atom. The second-order valence-electron chi connectivity index (χ2n) is 11.6. The van der Waals surface area contributed by atoms with Crippen molar-refractivity contribution in [2.24, 2.45) is 0 Å².